The molecule has 0 saturated carbocycles. The van der Waals surface area contributed by atoms with Crippen LogP contribution in [-0.4, -0.2) is 74.5 Å². The number of hydrogen-bond acceptors (Lipinski definition) is 7. The third-order valence-electron chi connectivity index (χ3n) is 6.10. The van der Waals surface area contributed by atoms with E-state index in [-0.39, 0.29) is 46.9 Å². The molecule has 12 heteroatoms. The first-order valence-corrected chi connectivity index (χ1v) is 11.4. The van der Waals surface area contributed by atoms with E-state index < -0.39 is 11.7 Å². The van der Waals surface area contributed by atoms with Crippen LogP contribution < -0.4 is 11.1 Å². The van der Waals surface area contributed by atoms with E-state index >= 15 is 0 Å². The number of nitrogens with zero attached hydrogens (tertiary/aromatic N) is 6. The van der Waals surface area contributed by atoms with Crippen LogP contribution in [-0.2, 0) is 16.0 Å². The van der Waals surface area contributed by atoms with Crippen LogP contribution in [0.15, 0.2) is 37.2 Å². The van der Waals surface area contributed by atoms with Crippen molar-refractivity contribution >= 4 is 40.3 Å². The Labute approximate surface area is 206 Å². The summed E-state index contributed by atoms with van der Waals surface area (Å²) in [4.78, 5) is 48.6. The van der Waals surface area contributed by atoms with Crippen molar-refractivity contribution in [3.05, 3.63) is 54.3 Å². The van der Waals surface area contributed by atoms with E-state index in [9.17, 15) is 18.8 Å². The zero-order valence-corrected chi connectivity index (χ0v) is 20.1. The van der Waals surface area contributed by atoms with Crippen molar-refractivity contribution in [1.29, 1.82) is 0 Å². The average molecular weight is 495 g/mol. The molecule has 1 aliphatic heterocycles. The Bertz CT molecular complexity index is 1350. The van der Waals surface area contributed by atoms with Crippen molar-refractivity contribution in [1.82, 2.24) is 29.5 Å². The molecule has 11 nitrogen and oxygen atoms in total. The van der Waals surface area contributed by atoms with Gasteiger partial charge in [0.25, 0.3) is 5.91 Å². The number of amides is 3. The van der Waals surface area contributed by atoms with Gasteiger partial charge in [0, 0.05) is 27.2 Å². The number of benzene rings is 1. The second-order valence-corrected chi connectivity index (χ2v) is 8.77. The van der Waals surface area contributed by atoms with Gasteiger partial charge in [-0.15, -0.1) is 0 Å². The Hall–Kier alpha value is -4.35. The maximum atomic E-state index is 14.8. The van der Waals surface area contributed by atoms with Gasteiger partial charge < -0.3 is 20.9 Å². The number of nitrogens with one attached hydrogen (secondary N) is 1. The molecule has 0 bridgehead atoms. The highest BCUT2D eigenvalue weighted by Gasteiger charge is 2.29. The second kappa shape index (κ2) is 10.1. The van der Waals surface area contributed by atoms with Crippen LogP contribution >= 0.6 is 0 Å². The Balaban J connectivity index is 1.63. The quantitative estimate of drug-likeness (QED) is 0.498. The van der Waals surface area contributed by atoms with Gasteiger partial charge in [-0.3, -0.25) is 14.4 Å². The number of carbonyl (C=O) groups excluding carboxylic acids is 3. The highest BCUT2D eigenvalue weighted by atomic mass is 19.1. The predicted molar refractivity (Wildman–Crippen MR) is 132 cm³/mol. The second-order valence-electron chi connectivity index (χ2n) is 8.77. The minimum atomic E-state index is -0.689. The van der Waals surface area contributed by atoms with E-state index in [4.69, 9.17) is 5.73 Å². The van der Waals surface area contributed by atoms with Crippen LogP contribution in [0.5, 0.6) is 0 Å². The van der Waals surface area contributed by atoms with Gasteiger partial charge in [0.1, 0.15) is 18.0 Å². The van der Waals surface area contributed by atoms with Crippen LogP contribution in [0.4, 0.5) is 15.9 Å². The lowest BCUT2D eigenvalue weighted by atomic mass is 10.1. The summed E-state index contributed by atoms with van der Waals surface area (Å²) >= 11 is 0. The highest BCUT2D eigenvalue weighted by Crippen LogP contribution is 2.29. The molecule has 1 saturated heterocycles. The molecule has 3 N–H and O–H groups in total. The van der Waals surface area contributed by atoms with E-state index in [1.54, 1.807) is 29.7 Å². The first-order valence-electron chi connectivity index (χ1n) is 11.4. The lowest BCUT2D eigenvalue weighted by Crippen LogP contribution is -2.40. The summed E-state index contributed by atoms with van der Waals surface area (Å²) in [6.45, 7) is 4.51. The summed E-state index contributed by atoms with van der Waals surface area (Å²) in [6.07, 6.45) is 4.03. The van der Waals surface area contributed by atoms with E-state index in [1.165, 1.54) is 29.4 Å². The Kier molecular flexibility index (Phi) is 6.95. The van der Waals surface area contributed by atoms with Crippen LogP contribution in [0.25, 0.3) is 11.0 Å². The van der Waals surface area contributed by atoms with Crippen molar-refractivity contribution in [3.63, 3.8) is 0 Å². The first-order chi connectivity index (χ1) is 17.2. The van der Waals surface area contributed by atoms with E-state index in [0.717, 1.165) is 6.42 Å². The van der Waals surface area contributed by atoms with Gasteiger partial charge in [-0.25, -0.2) is 19.0 Å². The minimum absolute atomic E-state index is 0.0355. The summed E-state index contributed by atoms with van der Waals surface area (Å²) in [5.74, 6) is -1.68. The first kappa shape index (κ1) is 24.8. The largest absolute Gasteiger partial charge is 0.383 e. The number of nitrogens with two attached hydrogens (primary N) is 1. The number of nitrogen functional groups attached to an aromatic ring is 1. The van der Waals surface area contributed by atoms with Crippen LogP contribution in [0, 0.1) is 5.82 Å². The molecule has 3 heterocycles. The number of likely N-dealkylation sites (N-methyl/N-ethyl adjacent to an activating group) is 1. The van der Waals surface area contributed by atoms with Crippen molar-refractivity contribution in [2.24, 2.45) is 0 Å². The molecule has 0 aliphatic carbocycles. The monoisotopic (exact) mass is 494 g/mol. The summed E-state index contributed by atoms with van der Waals surface area (Å²) in [7, 11) is 3.24. The third-order valence-corrected chi connectivity index (χ3v) is 6.10. The summed E-state index contributed by atoms with van der Waals surface area (Å²) in [6, 6.07) is 3.93. The summed E-state index contributed by atoms with van der Waals surface area (Å²) in [5.41, 5.74) is 6.78. The molecule has 1 fully saturated rings. The van der Waals surface area contributed by atoms with Gasteiger partial charge in [-0.1, -0.05) is 12.6 Å². The zero-order chi connectivity index (χ0) is 26.0. The molecule has 1 aliphatic rings. The fourth-order valence-corrected chi connectivity index (χ4v) is 4.18. The van der Waals surface area contributed by atoms with Crippen molar-refractivity contribution in [2.45, 2.75) is 25.3 Å². The number of carbonyl (C=O) groups is 3. The molecule has 0 radical (unpaired) electrons. The number of piperidine rings is 1. The Morgan fingerprint density at radius 3 is 2.78 bits per heavy atom. The van der Waals surface area contributed by atoms with Crippen molar-refractivity contribution in [3.8, 4) is 0 Å². The zero-order valence-electron chi connectivity index (χ0n) is 20.1. The fraction of sp³-hybridized carbons (Fsp3) is 0.333. The molecule has 188 valence electrons. The number of rotatable bonds is 6. The number of halogens is 1. The van der Waals surface area contributed by atoms with E-state index in [0.29, 0.717) is 30.7 Å². The molecule has 36 heavy (non-hydrogen) atoms. The van der Waals surface area contributed by atoms with Crippen LogP contribution in [0.2, 0.25) is 0 Å². The van der Waals surface area contributed by atoms with Gasteiger partial charge in [0.05, 0.1) is 23.5 Å². The number of hydrogen-bond donors (Lipinski definition) is 2. The van der Waals surface area contributed by atoms with Gasteiger partial charge in [-0.2, -0.15) is 5.10 Å². The molecule has 1 atom stereocenters. The van der Waals surface area contributed by atoms with Crippen molar-refractivity contribution < 1.29 is 18.8 Å². The summed E-state index contributed by atoms with van der Waals surface area (Å²) < 4.78 is 16.3. The maximum absolute atomic E-state index is 14.8. The highest BCUT2D eigenvalue weighted by molar-refractivity contribution is 6.13. The van der Waals surface area contributed by atoms with Gasteiger partial charge >= 0.3 is 0 Å². The normalized spacial score (nSPS) is 15.5. The molecular weight excluding hydrogens is 467 g/mol. The van der Waals surface area contributed by atoms with Gasteiger partial charge in [0.2, 0.25) is 11.8 Å². The average Bonchev–Trinajstić information content (AvgIpc) is 3.26. The number of aromatic nitrogens is 4. The lowest BCUT2D eigenvalue weighted by Gasteiger charge is -2.32. The summed E-state index contributed by atoms with van der Waals surface area (Å²) in [5, 5.41) is 7.25. The minimum Gasteiger partial charge on any atom is -0.383 e. The number of likely N-dealkylation sites (tertiary alicyclic amines) is 1. The number of anilines is 2. The Morgan fingerprint density at radius 2 is 2.08 bits per heavy atom. The molecule has 4 rings (SSSR count). The fourth-order valence-electron chi connectivity index (χ4n) is 4.18. The third kappa shape index (κ3) is 4.88. The van der Waals surface area contributed by atoms with E-state index in [1.807, 2.05) is 0 Å². The molecule has 0 spiro atoms. The molecular formula is C24H27FN8O3. The molecule has 1 aromatic carbocycles. The lowest BCUT2D eigenvalue weighted by molar-refractivity contribution is -0.128. The molecule has 3 amide bonds. The van der Waals surface area contributed by atoms with E-state index in [2.05, 4.69) is 27.0 Å². The van der Waals surface area contributed by atoms with Crippen LogP contribution in [0.1, 0.15) is 34.9 Å². The van der Waals surface area contributed by atoms with Gasteiger partial charge in [0.15, 0.2) is 11.3 Å². The molecule has 3 aromatic rings. The topological polar surface area (TPSA) is 139 Å². The van der Waals surface area contributed by atoms with Gasteiger partial charge in [-0.05, 0) is 36.6 Å². The maximum Gasteiger partial charge on any atom is 0.277 e. The molecule has 1 unspecified atom stereocenters. The Morgan fingerprint density at radius 1 is 1.31 bits per heavy atom. The standard InChI is InChI=1S/C24H27FN8O3/c1-4-18(34)32-9-5-6-15(12-32)33-23-20(22(26)27-13-28-23)21(30-33)24(36)29-17-8-7-14(10-16(17)25)11-19(35)31(2)3/h4,7-8,10,13,15H,1,5-6,9,11-12H2,2-3H3,(H,29,36)(H2,26,27,28). The smallest absolute Gasteiger partial charge is 0.277 e. The van der Waals surface area contributed by atoms with Crippen LogP contribution in [0.3, 0.4) is 0 Å². The SMILES string of the molecule is C=CC(=O)N1CCCC(n2nc(C(=O)Nc3ccc(CC(=O)N(C)C)cc3F)c3c(N)ncnc32)C1. The molecule has 2 aromatic heterocycles. The number of fused-ring (bicyclic) bond motifs is 1. The predicted octanol–water partition coefficient (Wildman–Crippen LogP) is 1.78. The van der Waals surface area contributed by atoms with Crippen molar-refractivity contribution in [2.75, 3.05) is 38.2 Å².